The zero-order valence-electron chi connectivity index (χ0n) is 9.88. The Bertz CT molecular complexity index is 692. The van der Waals surface area contributed by atoms with Crippen molar-refractivity contribution in [1.29, 1.82) is 0 Å². The van der Waals surface area contributed by atoms with Crippen molar-refractivity contribution in [2.45, 2.75) is 0 Å². The maximum absolute atomic E-state index is 13.6. The van der Waals surface area contributed by atoms with E-state index in [1.807, 2.05) is 0 Å². The van der Waals surface area contributed by atoms with E-state index in [2.05, 4.69) is 5.32 Å². The van der Waals surface area contributed by atoms with Crippen LogP contribution in [0.15, 0.2) is 30.3 Å². The van der Waals surface area contributed by atoms with Gasteiger partial charge in [0.05, 0.1) is 26.3 Å². The van der Waals surface area contributed by atoms with Crippen LogP contribution in [0.5, 0.6) is 0 Å². The van der Waals surface area contributed by atoms with Crippen LogP contribution in [0.4, 0.5) is 15.8 Å². The van der Waals surface area contributed by atoms with Crippen molar-refractivity contribution in [3.63, 3.8) is 0 Å². The van der Waals surface area contributed by atoms with Gasteiger partial charge in [0.1, 0.15) is 5.82 Å². The number of nitrogens with two attached hydrogens (primary N) is 1. The molecule has 0 aromatic heterocycles. The Balaban J connectivity index is 2.30. The van der Waals surface area contributed by atoms with Gasteiger partial charge in [-0.3, -0.25) is 4.79 Å². The first-order chi connectivity index (χ1) is 9.38. The first-order valence-corrected chi connectivity index (χ1v) is 6.53. The fourth-order valence-corrected chi connectivity index (χ4v) is 2.12. The average molecular weight is 334 g/mol. The molecule has 0 aliphatic carbocycles. The fourth-order valence-electron chi connectivity index (χ4n) is 1.52. The predicted octanol–water partition coefficient (Wildman–Crippen LogP) is 4.62. The van der Waals surface area contributed by atoms with Gasteiger partial charge in [0.15, 0.2) is 0 Å². The minimum absolute atomic E-state index is 0.152. The van der Waals surface area contributed by atoms with E-state index in [4.69, 9.17) is 40.5 Å². The molecule has 3 nitrogen and oxygen atoms in total. The van der Waals surface area contributed by atoms with Crippen molar-refractivity contribution in [3.8, 4) is 0 Å². The van der Waals surface area contributed by atoms with Crippen molar-refractivity contribution in [2.75, 3.05) is 11.1 Å². The normalized spacial score (nSPS) is 10.4. The molecule has 0 saturated heterocycles. The first kappa shape index (κ1) is 14.9. The summed E-state index contributed by atoms with van der Waals surface area (Å²) in [7, 11) is 0. The van der Waals surface area contributed by atoms with Crippen LogP contribution in [0, 0.1) is 5.82 Å². The maximum atomic E-state index is 13.6. The summed E-state index contributed by atoms with van der Waals surface area (Å²) in [6, 6.07) is 6.55. The van der Waals surface area contributed by atoms with Crippen molar-refractivity contribution >= 4 is 52.1 Å². The average Bonchev–Trinajstić information content (AvgIpc) is 2.35. The highest BCUT2D eigenvalue weighted by molar-refractivity contribution is 6.44. The van der Waals surface area contributed by atoms with Crippen LogP contribution in [0.3, 0.4) is 0 Å². The molecule has 2 aromatic carbocycles. The Morgan fingerprint density at radius 1 is 1.05 bits per heavy atom. The molecule has 2 rings (SSSR count). The Morgan fingerprint density at radius 2 is 1.70 bits per heavy atom. The molecule has 0 saturated carbocycles. The molecule has 0 aliphatic rings. The van der Waals surface area contributed by atoms with Crippen molar-refractivity contribution < 1.29 is 9.18 Å². The molecule has 7 heteroatoms. The highest BCUT2D eigenvalue weighted by atomic mass is 35.5. The molecule has 0 aliphatic heterocycles. The van der Waals surface area contributed by atoms with Gasteiger partial charge in [-0.15, -0.1) is 0 Å². The lowest BCUT2D eigenvalue weighted by Crippen LogP contribution is -2.14. The van der Waals surface area contributed by atoms with E-state index < -0.39 is 11.7 Å². The summed E-state index contributed by atoms with van der Waals surface area (Å²) in [5.74, 6) is -1.39. The van der Waals surface area contributed by atoms with Crippen LogP contribution in [-0.4, -0.2) is 5.91 Å². The lowest BCUT2D eigenvalue weighted by Gasteiger charge is -2.09. The molecular weight excluding hydrogens is 326 g/mol. The van der Waals surface area contributed by atoms with Crippen LogP contribution in [0.1, 0.15) is 10.4 Å². The summed E-state index contributed by atoms with van der Waals surface area (Å²) >= 11 is 17.5. The Morgan fingerprint density at radius 3 is 2.35 bits per heavy atom. The quantitative estimate of drug-likeness (QED) is 0.622. The number of nitrogen functional groups attached to an aromatic ring is 1. The van der Waals surface area contributed by atoms with Gasteiger partial charge in [0.25, 0.3) is 5.91 Å². The third-order valence-corrected chi connectivity index (χ3v) is 3.53. The molecule has 0 heterocycles. The lowest BCUT2D eigenvalue weighted by atomic mass is 10.1. The summed E-state index contributed by atoms with van der Waals surface area (Å²) < 4.78 is 13.6. The van der Waals surface area contributed by atoms with E-state index in [1.165, 1.54) is 24.3 Å². The second kappa shape index (κ2) is 5.87. The molecule has 0 radical (unpaired) electrons. The van der Waals surface area contributed by atoms with Gasteiger partial charge < -0.3 is 11.1 Å². The molecule has 0 bridgehead atoms. The smallest absolute Gasteiger partial charge is 0.258 e. The van der Waals surface area contributed by atoms with Gasteiger partial charge in [-0.1, -0.05) is 34.8 Å². The molecule has 104 valence electrons. The molecule has 3 N–H and O–H groups in total. The predicted molar refractivity (Wildman–Crippen MR) is 80.2 cm³/mol. The molecule has 20 heavy (non-hydrogen) atoms. The lowest BCUT2D eigenvalue weighted by molar-refractivity contribution is 0.102. The van der Waals surface area contributed by atoms with Gasteiger partial charge in [0, 0.05) is 5.69 Å². The highest BCUT2D eigenvalue weighted by Crippen LogP contribution is 2.32. The zero-order valence-corrected chi connectivity index (χ0v) is 12.2. The Kier molecular flexibility index (Phi) is 4.38. The zero-order chi connectivity index (χ0) is 14.9. The summed E-state index contributed by atoms with van der Waals surface area (Å²) in [4.78, 5) is 12.0. The van der Waals surface area contributed by atoms with Crippen LogP contribution < -0.4 is 11.1 Å². The van der Waals surface area contributed by atoms with E-state index in [9.17, 15) is 9.18 Å². The number of hydrogen-bond donors (Lipinski definition) is 2. The number of anilines is 2. The van der Waals surface area contributed by atoms with Gasteiger partial charge in [-0.2, -0.15) is 0 Å². The third-order valence-electron chi connectivity index (χ3n) is 2.50. The van der Waals surface area contributed by atoms with Crippen LogP contribution in [-0.2, 0) is 0 Å². The minimum Gasteiger partial charge on any atom is -0.399 e. The van der Waals surface area contributed by atoms with E-state index in [1.54, 1.807) is 0 Å². The van der Waals surface area contributed by atoms with Gasteiger partial charge >= 0.3 is 0 Å². The summed E-state index contributed by atoms with van der Waals surface area (Å²) in [6.07, 6.45) is 0. The first-order valence-electron chi connectivity index (χ1n) is 5.39. The number of carbonyl (C=O) groups excluding carboxylic acids is 1. The molecule has 2 aromatic rings. The van der Waals surface area contributed by atoms with E-state index in [-0.39, 0.29) is 32.0 Å². The van der Waals surface area contributed by atoms with Crippen molar-refractivity contribution in [2.24, 2.45) is 0 Å². The van der Waals surface area contributed by atoms with Gasteiger partial charge in [0.2, 0.25) is 0 Å². The monoisotopic (exact) mass is 332 g/mol. The Hall–Kier alpha value is -1.49. The Labute approximate surface area is 129 Å². The summed E-state index contributed by atoms with van der Waals surface area (Å²) in [5, 5.41) is 3.14. The van der Waals surface area contributed by atoms with Crippen LogP contribution in [0.2, 0.25) is 15.1 Å². The number of rotatable bonds is 2. The van der Waals surface area contributed by atoms with Crippen LogP contribution in [0.25, 0.3) is 0 Å². The number of nitrogens with one attached hydrogen (secondary N) is 1. The number of halogens is 4. The van der Waals surface area contributed by atoms with Gasteiger partial charge in [-0.05, 0) is 30.3 Å². The number of carbonyl (C=O) groups is 1. The standard InChI is InChI=1S/C13H8Cl3FN2O/c14-8-4-10(16)12(5-9(8)15)19-13(20)7-2-1-6(18)3-11(7)17/h1-5H,18H2,(H,19,20). The van der Waals surface area contributed by atoms with E-state index >= 15 is 0 Å². The van der Waals surface area contributed by atoms with Crippen molar-refractivity contribution in [1.82, 2.24) is 0 Å². The van der Waals surface area contributed by atoms with Gasteiger partial charge in [-0.25, -0.2) is 4.39 Å². The number of hydrogen-bond acceptors (Lipinski definition) is 2. The number of benzene rings is 2. The highest BCUT2D eigenvalue weighted by Gasteiger charge is 2.14. The molecule has 0 fully saturated rings. The second-order valence-corrected chi connectivity index (χ2v) is 5.16. The largest absolute Gasteiger partial charge is 0.399 e. The summed E-state index contributed by atoms with van der Waals surface area (Å²) in [5.41, 5.74) is 5.73. The fraction of sp³-hybridized carbons (Fsp3) is 0. The molecule has 0 unspecified atom stereocenters. The summed E-state index contributed by atoms with van der Waals surface area (Å²) in [6.45, 7) is 0. The second-order valence-electron chi connectivity index (χ2n) is 3.94. The number of amides is 1. The topological polar surface area (TPSA) is 55.1 Å². The SMILES string of the molecule is Nc1ccc(C(=O)Nc2cc(Cl)c(Cl)cc2Cl)c(F)c1. The third kappa shape index (κ3) is 3.15. The maximum Gasteiger partial charge on any atom is 0.258 e. The molecule has 0 spiro atoms. The molecule has 1 amide bonds. The van der Waals surface area contributed by atoms with E-state index in [0.717, 1.165) is 6.07 Å². The van der Waals surface area contributed by atoms with E-state index in [0.29, 0.717) is 0 Å². The van der Waals surface area contributed by atoms with Crippen LogP contribution >= 0.6 is 34.8 Å². The minimum atomic E-state index is -0.723. The molecular formula is C13H8Cl3FN2O. The molecule has 0 atom stereocenters. The van der Waals surface area contributed by atoms with Crippen molar-refractivity contribution in [3.05, 3.63) is 56.8 Å².